The summed E-state index contributed by atoms with van der Waals surface area (Å²) in [6, 6.07) is 8.17. The Bertz CT molecular complexity index is 345. The zero-order chi connectivity index (χ0) is 10.5. The summed E-state index contributed by atoms with van der Waals surface area (Å²) in [5.74, 6) is 3.20. The van der Waals surface area contributed by atoms with E-state index >= 15 is 0 Å². The van der Waals surface area contributed by atoms with E-state index in [4.69, 9.17) is 5.73 Å². The molecule has 0 unspecified atom stereocenters. The maximum Gasteiger partial charge on any atom is 0.111 e. The number of anilines is 1. The summed E-state index contributed by atoms with van der Waals surface area (Å²) in [5.41, 5.74) is 7.78. The molecule has 0 aliphatic carbocycles. The standard InChI is InChI=1S/C11H15N3S/c12-7-9-1-3-10(4-2-9)14-11-8-15-6-5-13-11/h1-4H,5-8,12H2,(H,13,14). The summed E-state index contributed by atoms with van der Waals surface area (Å²) >= 11 is 1.92. The smallest absolute Gasteiger partial charge is 0.111 e. The number of benzene rings is 1. The molecular weight excluding hydrogens is 206 g/mol. The molecule has 0 saturated heterocycles. The zero-order valence-corrected chi connectivity index (χ0v) is 9.39. The van der Waals surface area contributed by atoms with Crippen molar-refractivity contribution in [1.82, 2.24) is 0 Å². The van der Waals surface area contributed by atoms with Crippen molar-refractivity contribution in [3.63, 3.8) is 0 Å². The van der Waals surface area contributed by atoms with E-state index < -0.39 is 0 Å². The molecule has 1 aromatic carbocycles. The molecule has 1 aliphatic rings. The van der Waals surface area contributed by atoms with E-state index in [1.54, 1.807) is 0 Å². The molecule has 1 heterocycles. The van der Waals surface area contributed by atoms with Crippen LogP contribution in [0.1, 0.15) is 5.56 Å². The number of amidine groups is 1. The highest BCUT2D eigenvalue weighted by atomic mass is 32.2. The third-order valence-electron chi connectivity index (χ3n) is 2.26. The maximum absolute atomic E-state index is 5.54. The topological polar surface area (TPSA) is 50.4 Å². The number of nitrogens with two attached hydrogens (primary N) is 1. The number of hydrogen-bond acceptors (Lipinski definition) is 4. The molecule has 0 radical (unpaired) electrons. The van der Waals surface area contributed by atoms with Gasteiger partial charge in [-0.25, -0.2) is 0 Å². The summed E-state index contributed by atoms with van der Waals surface area (Å²) in [5, 5.41) is 3.32. The lowest BCUT2D eigenvalue weighted by Gasteiger charge is -2.13. The van der Waals surface area contributed by atoms with Crippen molar-refractivity contribution in [1.29, 1.82) is 0 Å². The van der Waals surface area contributed by atoms with Gasteiger partial charge in [0.25, 0.3) is 0 Å². The van der Waals surface area contributed by atoms with Gasteiger partial charge in [-0.2, -0.15) is 11.8 Å². The number of aliphatic imine (C=N–C) groups is 1. The molecule has 0 fully saturated rings. The van der Waals surface area contributed by atoms with Gasteiger partial charge in [-0.1, -0.05) is 12.1 Å². The first kappa shape index (κ1) is 10.5. The molecule has 0 atom stereocenters. The number of nitrogens with zero attached hydrogens (tertiary/aromatic N) is 1. The quantitative estimate of drug-likeness (QED) is 0.799. The van der Waals surface area contributed by atoms with Gasteiger partial charge < -0.3 is 11.1 Å². The minimum Gasteiger partial charge on any atom is -0.343 e. The minimum absolute atomic E-state index is 0.594. The lowest BCUT2D eigenvalue weighted by molar-refractivity contribution is 1.07. The van der Waals surface area contributed by atoms with Gasteiger partial charge in [0.05, 0.1) is 12.3 Å². The Morgan fingerprint density at radius 3 is 2.73 bits per heavy atom. The predicted molar refractivity (Wildman–Crippen MR) is 67.6 cm³/mol. The van der Waals surface area contributed by atoms with Gasteiger partial charge in [-0.05, 0) is 17.7 Å². The fourth-order valence-corrected chi connectivity index (χ4v) is 2.15. The van der Waals surface area contributed by atoms with Crippen molar-refractivity contribution < 1.29 is 0 Å². The van der Waals surface area contributed by atoms with Gasteiger partial charge in [-0.3, -0.25) is 4.99 Å². The van der Waals surface area contributed by atoms with E-state index in [1.165, 1.54) is 0 Å². The lowest BCUT2D eigenvalue weighted by atomic mass is 10.2. The molecular formula is C11H15N3S. The van der Waals surface area contributed by atoms with Crippen molar-refractivity contribution in [2.45, 2.75) is 6.54 Å². The van der Waals surface area contributed by atoms with Crippen LogP contribution in [0, 0.1) is 0 Å². The normalized spacial score (nSPS) is 15.9. The van der Waals surface area contributed by atoms with Crippen LogP contribution in [-0.4, -0.2) is 23.9 Å². The number of hydrogen-bond donors (Lipinski definition) is 2. The Morgan fingerprint density at radius 1 is 1.33 bits per heavy atom. The van der Waals surface area contributed by atoms with Gasteiger partial charge in [0.1, 0.15) is 5.84 Å². The van der Waals surface area contributed by atoms with Crippen LogP contribution in [0.15, 0.2) is 29.3 Å². The molecule has 3 nitrogen and oxygen atoms in total. The summed E-state index contributed by atoms with van der Waals surface area (Å²) < 4.78 is 0. The average Bonchev–Trinajstić information content (AvgIpc) is 2.31. The molecule has 1 aromatic rings. The summed E-state index contributed by atoms with van der Waals surface area (Å²) in [6.07, 6.45) is 0. The molecule has 0 saturated carbocycles. The highest BCUT2D eigenvalue weighted by molar-refractivity contribution is 8.00. The van der Waals surface area contributed by atoms with Crippen molar-refractivity contribution in [2.75, 3.05) is 23.4 Å². The third-order valence-corrected chi connectivity index (χ3v) is 3.20. The van der Waals surface area contributed by atoms with Gasteiger partial charge >= 0.3 is 0 Å². The Morgan fingerprint density at radius 2 is 2.13 bits per heavy atom. The highest BCUT2D eigenvalue weighted by Gasteiger charge is 2.04. The zero-order valence-electron chi connectivity index (χ0n) is 8.57. The molecule has 0 aromatic heterocycles. The van der Waals surface area contributed by atoms with Gasteiger partial charge in [0, 0.05) is 18.0 Å². The number of nitrogens with one attached hydrogen (secondary N) is 1. The maximum atomic E-state index is 5.54. The predicted octanol–water partition coefficient (Wildman–Crippen LogP) is 1.70. The van der Waals surface area contributed by atoms with Crippen LogP contribution >= 0.6 is 11.8 Å². The lowest BCUT2D eigenvalue weighted by Crippen LogP contribution is -2.19. The molecule has 2 rings (SSSR count). The van der Waals surface area contributed by atoms with Crippen molar-refractivity contribution >= 4 is 23.3 Å². The summed E-state index contributed by atoms with van der Waals surface area (Å²) in [6.45, 7) is 1.52. The van der Waals surface area contributed by atoms with Crippen molar-refractivity contribution in [3.05, 3.63) is 29.8 Å². The monoisotopic (exact) mass is 221 g/mol. The van der Waals surface area contributed by atoms with Gasteiger partial charge in [-0.15, -0.1) is 0 Å². The summed E-state index contributed by atoms with van der Waals surface area (Å²) in [7, 11) is 0. The van der Waals surface area contributed by atoms with Crippen LogP contribution in [0.2, 0.25) is 0 Å². The summed E-state index contributed by atoms with van der Waals surface area (Å²) in [4.78, 5) is 4.43. The van der Waals surface area contributed by atoms with Crippen LogP contribution in [0.4, 0.5) is 5.69 Å². The SMILES string of the molecule is NCc1ccc(NC2=NCCSC2)cc1. The second kappa shape index (κ2) is 5.19. The second-order valence-electron chi connectivity index (χ2n) is 3.41. The number of thioether (sulfide) groups is 1. The highest BCUT2D eigenvalue weighted by Crippen LogP contribution is 2.12. The van der Waals surface area contributed by atoms with E-state index in [0.717, 1.165) is 35.1 Å². The Labute approximate surface area is 94.2 Å². The molecule has 0 amide bonds. The minimum atomic E-state index is 0.594. The molecule has 0 bridgehead atoms. The van der Waals surface area contributed by atoms with Crippen LogP contribution in [-0.2, 0) is 6.54 Å². The van der Waals surface area contributed by atoms with Gasteiger partial charge in [0.15, 0.2) is 0 Å². The fraction of sp³-hybridized carbons (Fsp3) is 0.364. The molecule has 0 spiro atoms. The molecule has 80 valence electrons. The van der Waals surface area contributed by atoms with E-state index in [1.807, 2.05) is 36.0 Å². The van der Waals surface area contributed by atoms with Crippen LogP contribution in [0.25, 0.3) is 0 Å². The largest absolute Gasteiger partial charge is 0.343 e. The van der Waals surface area contributed by atoms with Crippen molar-refractivity contribution in [3.8, 4) is 0 Å². The molecule has 4 heteroatoms. The first-order chi connectivity index (χ1) is 7.38. The average molecular weight is 221 g/mol. The second-order valence-corrected chi connectivity index (χ2v) is 4.51. The van der Waals surface area contributed by atoms with Crippen LogP contribution in [0.3, 0.4) is 0 Å². The van der Waals surface area contributed by atoms with E-state index in [9.17, 15) is 0 Å². The van der Waals surface area contributed by atoms with E-state index in [0.29, 0.717) is 6.54 Å². The Balaban J connectivity index is 2.00. The number of rotatable bonds is 2. The molecule has 1 aliphatic heterocycles. The fourth-order valence-electron chi connectivity index (χ4n) is 1.43. The van der Waals surface area contributed by atoms with Crippen LogP contribution in [0.5, 0.6) is 0 Å². The van der Waals surface area contributed by atoms with E-state index in [-0.39, 0.29) is 0 Å². The first-order valence-corrected chi connectivity index (χ1v) is 6.21. The van der Waals surface area contributed by atoms with E-state index in [2.05, 4.69) is 10.3 Å². The third kappa shape index (κ3) is 2.97. The van der Waals surface area contributed by atoms with Gasteiger partial charge in [0.2, 0.25) is 0 Å². The first-order valence-electron chi connectivity index (χ1n) is 5.05. The molecule has 3 N–H and O–H groups in total. The Hall–Kier alpha value is -1.00. The van der Waals surface area contributed by atoms with Crippen LogP contribution < -0.4 is 11.1 Å². The molecule has 15 heavy (non-hydrogen) atoms. The Kier molecular flexibility index (Phi) is 3.64. The van der Waals surface area contributed by atoms with Crippen molar-refractivity contribution in [2.24, 2.45) is 10.7 Å².